The number of aryl methyl sites for hydroxylation is 2. The maximum Gasteiger partial charge on any atom is 0.273 e. The molecule has 6 nitrogen and oxygen atoms in total. The minimum atomic E-state index is -0.464. The number of nitrogens with zero attached hydrogens (tertiary/aromatic N) is 2. The van der Waals surface area contributed by atoms with Crippen LogP contribution in [0.1, 0.15) is 35.4 Å². The number of thiazole rings is 1. The van der Waals surface area contributed by atoms with Gasteiger partial charge >= 0.3 is 0 Å². The van der Waals surface area contributed by atoms with Crippen molar-refractivity contribution in [3.05, 3.63) is 50.5 Å². The van der Waals surface area contributed by atoms with E-state index in [1.807, 2.05) is 0 Å². The van der Waals surface area contributed by atoms with E-state index < -0.39 is 4.92 Å². The number of aromatic nitrogens is 1. The molecule has 2 aromatic rings. The second-order valence-corrected chi connectivity index (χ2v) is 6.64. The van der Waals surface area contributed by atoms with Crippen molar-refractivity contribution in [2.75, 3.05) is 5.32 Å². The summed E-state index contributed by atoms with van der Waals surface area (Å²) in [6, 6.07) is 6.31. The van der Waals surface area contributed by atoms with Crippen LogP contribution in [0.3, 0.4) is 0 Å². The molecule has 0 saturated heterocycles. The molecule has 1 heterocycles. The van der Waals surface area contributed by atoms with Crippen LogP contribution >= 0.6 is 11.3 Å². The van der Waals surface area contributed by atoms with E-state index in [2.05, 4.69) is 10.3 Å². The summed E-state index contributed by atoms with van der Waals surface area (Å²) < 4.78 is 0. The fourth-order valence-electron chi connectivity index (χ4n) is 2.76. The Morgan fingerprint density at radius 1 is 1.26 bits per heavy atom. The fourth-order valence-corrected chi connectivity index (χ4v) is 3.82. The lowest BCUT2D eigenvalue weighted by Gasteiger charge is -2.03. The van der Waals surface area contributed by atoms with Gasteiger partial charge in [0.25, 0.3) is 5.69 Å². The summed E-state index contributed by atoms with van der Waals surface area (Å²) in [5, 5.41) is 14.4. The zero-order chi connectivity index (χ0) is 16.2. The van der Waals surface area contributed by atoms with Crippen LogP contribution in [0.5, 0.6) is 0 Å². The highest BCUT2D eigenvalue weighted by molar-refractivity contribution is 7.15. The number of anilines is 1. The van der Waals surface area contributed by atoms with Gasteiger partial charge in [-0.15, -0.1) is 11.3 Å². The molecule has 0 spiro atoms. The predicted molar refractivity (Wildman–Crippen MR) is 88.8 cm³/mol. The van der Waals surface area contributed by atoms with Crippen LogP contribution in [0, 0.1) is 10.1 Å². The van der Waals surface area contributed by atoms with Crippen molar-refractivity contribution in [1.82, 2.24) is 4.98 Å². The molecule has 1 amide bonds. The van der Waals surface area contributed by atoms with Gasteiger partial charge in [-0.2, -0.15) is 0 Å². The van der Waals surface area contributed by atoms with Crippen molar-refractivity contribution in [3.8, 4) is 0 Å². The topological polar surface area (TPSA) is 85.1 Å². The first-order valence-electron chi connectivity index (χ1n) is 7.64. The molecular formula is C16H17N3O3S. The molecular weight excluding hydrogens is 314 g/mol. The number of fused-ring (bicyclic) bond motifs is 1. The molecule has 1 aromatic heterocycles. The quantitative estimate of drug-likeness (QED) is 0.528. The van der Waals surface area contributed by atoms with Gasteiger partial charge < -0.3 is 5.32 Å². The van der Waals surface area contributed by atoms with Gasteiger partial charge in [-0.1, -0.05) is 24.6 Å². The van der Waals surface area contributed by atoms with Gasteiger partial charge in [-0.3, -0.25) is 14.9 Å². The van der Waals surface area contributed by atoms with Gasteiger partial charge in [0.15, 0.2) is 5.13 Å². The SMILES string of the molecule is O=C(Cc1ccccc1[N+](=O)[O-])Nc1nc2c(s1)CCCCC2. The van der Waals surface area contributed by atoms with E-state index in [1.54, 1.807) is 18.2 Å². The van der Waals surface area contributed by atoms with Crippen LogP contribution in [0.25, 0.3) is 0 Å². The normalized spacial score (nSPS) is 13.9. The molecule has 1 aromatic carbocycles. The van der Waals surface area contributed by atoms with E-state index in [1.165, 1.54) is 35.1 Å². The zero-order valence-corrected chi connectivity index (χ0v) is 13.4. The fraction of sp³-hybridized carbons (Fsp3) is 0.375. The van der Waals surface area contributed by atoms with Crippen molar-refractivity contribution in [1.29, 1.82) is 0 Å². The Hall–Kier alpha value is -2.28. The van der Waals surface area contributed by atoms with Crippen molar-refractivity contribution in [3.63, 3.8) is 0 Å². The first kappa shape index (κ1) is 15.6. The monoisotopic (exact) mass is 331 g/mol. The third kappa shape index (κ3) is 3.73. The van der Waals surface area contributed by atoms with E-state index in [9.17, 15) is 14.9 Å². The number of nitrogens with one attached hydrogen (secondary N) is 1. The molecule has 3 rings (SSSR count). The molecule has 0 unspecified atom stereocenters. The van der Waals surface area contributed by atoms with E-state index in [0.29, 0.717) is 10.7 Å². The number of nitro benzene ring substituents is 1. The second-order valence-electron chi connectivity index (χ2n) is 5.56. The van der Waals surface area contributed by atoms with Crippen molar-refractivity contribution >= 4 is 28.1 Å². The van der Waals surface area contributed by atoms with Crippen LogP contribution in [0.2, 0.25) is 0 Å². The van der Waals surface area contributed by atoms with Crippen LogP contribution in [-0.2, 0) is 24.1 Å². The molecule has 120 valence electrons. The van der Waals surface area contributed by atoms with Crippen molar-refractivity contribution in [2.45, 2.75) is 38.5 Å². The Kier molecular flexibility index (Phi) is 4.66. The lowest BCUT2D eigenvalue weighted by molar-refractivity contribution is -0.385. The van der Waals surface area contributed by atoms with E-state index >= 15 is 0 Å². The molecule has 1 aliphatic carbocycles. The average molecular weight is 331 g/mol. The lowest BCUT2D eigenvalue weighted by Crippen LogP contribution is -2.15. The third-order valence-electron chi connectivity index (χ3n) is 3.88. The minimum Gasteiger partial charge on any atom is -0.302 e. The van der Waals surface area contributed by atoms with Crippen LogP contribution in [0.4, 0.5) is 10.8 Å². The third-order valence-corrected chi connectivity index (χ3v) is 4.95. The molecule has 0 atom stereocenters. The van der Waals surface area contributed by atoms with Gasteiger partial charge in [0.05, 0.1) is 17.0 Å². The van der Waals surface area contributed by atoms with E-state index in [0.717, 1.165) is 25.0 Å². The summed E-state index contributed by atoms with van der Waals surface area (Å²) in [7, 11) is 0. The number of hydrogen-bond donors (Lipinski definition) is 1. The Morgan fingerprint density at radius 2 is 2.04 bits per heavy atom. The zero-order valence-electron chi connectivity index (χ0n) is 12.6. The lowest BCUT2D eigenvalue weighted by atomic mass is 10.1. The number of para-hydroxylation sites is 1. The number of hydrogen-bond acceptors (Lipinski definition) is 5. The van der Waals surface area contributed by atoms with E-state index in [-0.39, 0.29) is 18.0 Å². The largest absolute Gasteiger partial charge is 0.302 e. The number of rotatable bonds is 4. The van der Waals surface area contributed by atoms with Gasteiger partial charge in [0.1, 0.15) is 0 Å². The minimum absolute atomic E-state index is 0.0264. The van der Waals surface area contributed by atoms with Crippen LogP contribution < -0.4 is 5.32 Å². The number of benzene rings is 1. The first-order valence-corrected chi connectivity index (χ1v) is 8.46. The Balaban J connectivity index is 1.69. The summed E-state index contributed by atoms with van der Waals surface area (Å²) in [4.78, 5) is 28.5. The molecule has 1 aliphatic rings. The highest BCUT2D eigenvalue weighted by Crippen LogP contribution is 2.29. The highest BCUT2D eigenvalue weighted by Gasteiger charge is 2.18. The molecule has 7 heteroatoms. The first-order chi connectivity index (χ1) is 11.1. The average Bonchev–Trinajstić information content (AvgIpc) is 2.76. The molecule has 0 radical (unpaired) electrons. The number of carbonyl (C=O) groups is 1. The maximum absolute atomic E-state index is 12.2. The Morgan fingerprint density at radius 3 is 2.87 bits per heavy atom. The summed E-state index contributed by atoms with van der Waals surface area (Å²) in [6.07, 6.45) is 5.49. The standard InChI is InChI=1S/C16H17N3O3S/c20-15(10-11-6-4-5-8-13(11)19(21)22)18-16-17-12-7-2-1-3-9-14(12)23-16/h4-6,8H,1-3,7,9-10H2,(H,17,18,20). The maximum atomic E-state index is 12.2. The number of carbonyl (C=O) groups excluding carboxylic acids is 1. The smallest absolute Gasteiger partial charge is 0.273 e. The summed E-state index contributed by atoms with van der Waals surface area (Å²) >= 11 is 1.52. The van der Waals surface area contributed by atoms with Crippen molar-refractivity contribution in [2.24, 2.45) is 0 Å². The van der Waals surface area contributed by atoms with Crippen LogP contribution in [0.15, 0.2) is 24.3 Å². The summed E-state index contributed by atoms with van der Waals surface area (Å²) in [6.45, 7) is 0. The van der Waals surface area contributed by atoms with Crippen molar-refractivity contribution < 1.29 is 9.72 Å². The number of amides is 1. The highest BCUT2D eigenvalue weighted by atomic mass is 32.1. The van der Waals surface area contributed by atoms with E-state index in [4.69, 9.17) is 0 Å². The van der Waals surface area contributed by atoms with Gasteiger partial charge in [-0.05, 0) is 25.7 Å². The predicted octanol–water partition coefficient (Wildman–Crippen LogP) is 3.50. The summed E-state index contributed by atoms with van der Waals surface area (Å²) in [5.41, 5.74) is 1.47. The molecule has 0 fully saturated rings. The van der Waals surface area contributed by atoms with Gasteiger partial charge in [0.2, 0.25) is 5.91 Å². The Bertz CT molecular complexity index is 718. The molecule has 0 bridgehead atoms. The van der Waals surface area contributed by atoms with Gasteiger partial charge in [-0.25, -0.2) is 4.98 Å². The molecule has 1 N–H and O–H groups in total. The van der Waals surface area contributed by atoms with Gasteiger partial charge in [0, 0.05) is 16.5 Å². The second kappa shape index (κ2) is 6.87. The molecule has 0 aliphatic heterocycles. The molecule has 0 saturated carbocycles. The number of nitro groups is 1. The Labute approximate surface area is 137 Å². The van der Waals surface area contributed by atoms with Crippen LogP contribution in [-0.4, -0.2) is 15.8 Å². The molecule has 23 heavy (non-hydrogen) atoms. The summed E-state index contributed by atoms with van der Waals surface area (Å²) in [5.74, 6) is -0.275.